The summed E-state index contributed by atoms with van der Waals surface area (Å²) in [7, 11) is 0. The van der Waals surface area contributed by atoms with Gasteiger partial charge in [-0.3, -0.25) is 19.7 Å². The number of ether oxygens (including phenoxy) is 1. The number of thiophene rings is 1. The standard InChI is InChI=1S/C11H11NO6S/c1-2-18-10(15)11(9(13)14)5-6(11)7-3-4-8(19-7)12(16)17/h3-4,6H,2,5H2,1H3,(H,13,14). The number of aliphatic carboxylic acids is 1. The van der Waals surface area contributed by atoms with Crippen LogP contribution in [0.3, 0.4) is 0 Å². The van der Waals surface area contributed by atoms with Crippen LogP contribution in [0.1, 0.15) is 24.1 Å². The second kappa shape index (κ2) is 4.61. The lowest BCUT2D eigenvalue weighted by atomic mass is 10.0. The van der Waals surface area contributed by atoms with Gasteiger partial charge in [0.05, 0.1) is 11.5 Å². The number of nitrogens with zero attached hydrogens (tertiary/aromatic N) is 1. The first-order valence-electron chi connectivity index (χ1n) is 5.58. The number of carbonyl (C=O) groups excluding carboxylic acids is 1. The summed E-state index contributed by atoms with van der Waals surface area (Å²) in [5.74, 6) is -2.56. The normalized spacial score (nSPS) is 24.8. The molecule has 0 aromatic carbocycles. The largest absolute Gasteiger partial charge is 0.480 e. The Morgan fingerprint density at radius 2 is 2.32 bits per heavy atom. The zero-order valence-electron chi connectivity index (χ0n) is 9.99. The van der Waals surface area contributed by atoms with Crippen LogP contribution in [-0.4, -0.2) is 28.6 Å². The van der Waals surface area contributed by atoms with Crippen LogP contribution in [-0.2, 0) is 14.3 Å². The van der Waals surface area contributed by atoms with E-state index < -0.39 is 28.2 Å². The minimum Gasteiger partial charge on any atom is -0.480 e. The molecule has 1 aliphatic carbocycles. The molecule has 1 saturated carbocycles. The van der Waals surface area contributed by atoms with Gasteiger partial charge in [0, 0.05) is 16.9 Å². The summed E-state index contributed by atoms with van der Waals surface area (Å²) in [6, 6.07) is 2.81. The average Bonchev–Trinajstić information content (AvgIpc) is 2.92. The Kier molecular flexibility index (Phi) is 3.27. The van der Waals surface area contributed by atoms with E-state index in [1.54, 1.807) is 6.92 Å². The van der Waals surface area contributed by atoms with Crippen LogP contribution in [0.5, 0.6) is 0 Å². The van der Waals surface area contributed by atoms with Gasteiger partial charge in [0.2, 0.25) is 0 Å². The number of hydrogen-bond acceptors (Lipinski definition) is 6. The fourth-order valence-corrected chi connectivity index (χ4v) is 3.06. The zero-order chi connectivity index (χ0) is 14.2. The Morgan fingerprint density at radius 3 is 2.79 bits per heavy atom. The van der Waals surface area contributed by atoms with E-state index in [0.29, 0.717) is 4.88 Å². The number of carboxylic acids is 1. The van der Waals surface area contributed by atoms with Crippen molar-refractivity contribution in [3.05, 3.63) is 27.1 Å². The molecule has 102 valence electrons. The minimum absolute atomic E-state index is 0.0648. The van der Waals surface area contributed by atoms with E-state index in [9.17, 15) is 24.8 Å². The quantitative estimate of drug-likeness (QED) is 0.382. The van der Waals surface area contributed by atoms with Crippen molar-refractivity contribution in [2.24, 2.45) is 5.41 Å². The van der Waals surface area contributed by atoms with Gasteiger partial charge in [0.15, 0.2) is 5.41 Å². The van der Waals surface area contributed by atoms with Gasteiger partial charge in [-0.2, -0.15) is 0 Å². The van der Waals surface area contributed by atoms with E-state index in [0.717, 1.165) is 11.3 Å². The number of esters is 1. The summed E-state index contributed by atoms with van der Waals surface area (Å²) >= 11 is 0.897. The van der Waals surface area contributed by atoms with Crippen LogP contribution < -0.4 is 0 Å². The molecular formula is C11H11NO6S. The van der Waals surface area contributed by atoms with Gasteiger partial charge in [-0.25, -0.2) is 0 Å². The number of hydrogen-bond donors (Lipinski definition) is 1. The van der Waals surface area contributed by atoms with Gasteiger partial charge in [-0.1, -0.05) is 11.3 Å². The van der Waals surface area contributed by atoms with Crippen molar-refractivity contribution in [3.63, 3.8) is 0 Å². The molecule has 0 radical (unpaired) electrons. The third-order valence-corrected chi connectivity index (χ3v) is 4.27. The predicted octanol–water partition coefficient (Wildman–Crippen LogP) is 1.78. The van der Waals surface area contributed by atoms with Gasteiger partial charge < -0.3 is 9.84 Å². The number of rotatable bonds is 5. The van der Waals surface area contributed by atoms with Crippen molar-refractivity contribution < 1.29 is 24.4 Å². The average molecular weight is 285 g/mol. The number of nitro groups is 1. The van der Waals surface area contributed by atoms with E-state index in [2.05, 4.69) is 0 Å². The third-order valence-electron chi connectivity index (χ3n) is 3.12. The van der Waals surface area contributed by atoms with Crippen molar-refractivity contribution in [1.29, 1.82) is 0 Å². The van der Waals surface area contributed by atoms with E-state index >= 15 is 0 Å². The molecular weight excluding hydrogens is 274 g/mol. The lowest BCUT2D eigenvalue weighted by Crippen LogP contribution is -2.29. The highest BCUT2D eigenvalue weighted by Crippen LogP contribution is 2.61. The second-order valence-electron chi connectivity index (χ2n) is 4.19. The molecule has 1 aromatic rings. The summed E-state index contributed by atoms with van der Waals surface area (Å²) in [6.45, 7) is 1.70. The molecule has 1 aliphatic rings. The van der Waals surface area contributed by atoms with Gasteiger partial charge in [-0.05, 0) is 19.4 Å². The number of carbonyl (C=O) groups is 2. The van der Waals surface area contributed by atoms with Crippen LogP contribution in [0.4, 0.5) is 5.00 Å². The molecule has 0 saturated heterocycles. The fraction of sp³-hybridized carbons (Fsp3) is 0.455. The molecule has 7 nitrogen and oxygen atoms in total. The molecule has 0 amide bonds. The Morgan fingerprint density at radius 1 is 1.63 bits per heavy atom. The third kappa shape index (κ3) is 2.07. The van der Waals surface area contributed by atoms with Crippen molar-refractivity contribution in [2.75, 3.05) is 6.61 Å². The molecule has 19 heavy (non-hydrogen) atoms. The summed E-state index contributed by atoms with van der Waals surface area (Å²) in [4.78, 5) is 33.6. The van der Waals surface area contributed by atoms with Crippen molar-refractivity contribution in [1.82, 2.24) is 0 Å². The highest BCUT2D eigenvalue weighted by molar-refractivity contribution is 7.15. The highest BCUT2D eigenvalue weighted by Gasteiger charge is 2.68. The van der Waals surface area contributed by atoms with Crippen LogP contribution in [0.2, 0.25) is 0 Å². The molecule has 0 bridgehead atoms. The lowest BCUT2D eigenvalue weighted by molar-refractivity contribution is -0.380. The van der Waals surface area contributed by atoms with Crippen LogP contribution in [0.25, 0.3) is 0 Å². The highest BCUT2D eigenvalue weighted by atomic mass is 32.1. The first-order chi connectivity index (χ1) is 8.93. The Labute approximate surface area is 112 Å². The molecule has 1 fully saturated rings. The van der Waals surface area contributed by atoms with Crippen molar-refractivity contribution in [3.8, 4) is 0 Å². The van der Waals surface area contributed by atoms with E-state index in [4.69, 9.17) is 4.74 Å². The Balaban J connectivity index is 2.25. The van der Waals surface area contributed by atoms with Gasteiger partial charge in [-0.15, -0.1) is 0 Å². The molecule has 1 heterocycles. The molecule has 1 N–H and O–H groups in total. The molecule has 0 aliphatic heterocycles. The van der Waals surface area contributed by atoms with Crippen LogP contribution in [0.15, 0.2) is 12.1 Å². The fourth-order valence-electron chi connectivity index (χ4n) is 2.04. The van der Waals surface area contributed by atoms with E-state index in [1.807, 2.05) is 0 Å². The first kappa shape index (κ1) is 13.5. The first-order valence-corrected chi connectivity index (χ1v) is 6.40. The van der Waals surface area contributed by atoms with E-state index in [1.165, 1.54) is 12.1 Å². The molecule has 2 rings (SSSR count). The summed E-state index contributed by atoms with van der Waals surface area (Å²) < 4.78 is 4.79. The van der Waals surface area contributed by atoms with Crippen molar-refractivity contribution in [2.45, 2.75) is 19.3 Å². The smallest absolute Gasteiger partial charge is 0.324 e. The van der Waals surface area contributed by atoms with Crippen LogP contribution >= 0.6 is 11.3 Å². The lowest BCUT2D eigenvalue weighted by Gasteiger charge is -2.10. The van der Waals surface area contributed by atoms with E-state index in [-0.39, 0.29) is 18.0 Å². The molecule has 2 atom stereocenters. The summed E-state index contributed by atoms with van der Waals surface area (Å²) in [5, 5.41) is 19.8. The monoisotopic (exact) mass is 285 g/mol. The summed E-state index contributed by atoms with van der Waals surface area (Å²) in [6.07, 6.45) is 0.124. The van der Waals surface area contributed by atoms with Crippen LogP contribution in [0, 0.1) is 15.5 Å². The van der Waals surface area contributed by atoms with Gasteiger partial charge in [0.1, 0.15) is 0 Å². The SMILES string of the molecule is CCOC(=O)C1(C(=O)O)CC1c1ccc([N+](=O)[O-])s1. The molecule has 8 heteroatoms. The van der Waals surface area contributed by atoms with Gasteiger partial charge >= 0.3 is 16.9 Å². The number of carboxylic acid groups (broad SMARTS) is 1. The van der Waals surface area contributed by atoms with Crippen molar-refractivity contribution >= 4 is 28.3 Å². The predicted molar refractivity (Wildman–Crippen MR) is 65.0 cm³/mol. The maximum atomic E-state index is 11.8. The summed E-state index contributed by atoms with van der Waals surface area (Å²) in [5.41, 5.74) is -1.57. The maximum absolute atomic E-state index is 11.8. The Hall–Kier alpha value is -1.96. The zero-order valence-corrected chi connectivity index (χ0v) is 10.8. The molecule has 1 aromatic heterocycles. The minimum atomic E-state index is -1.57. The molecule has 2 unspecified atom stereocenters. The topological polar surface area (TPSA) is 107 Å². The molecule has 0 spiro atoms. The second-order valence-corrected chi connectivity index (χ2v) is 5.28. The van der Waals surface area contributed by atoms with Gasteiger partial charge in [0.25, 0.3) is 0 Å². The Bertz CT molecular complexity index is 553. The maximum Gasteiger partial charge on any atom is 0.324 e.